The zero-order valence-electron chi connectivity index (χ0n) is 9.86. The van der Waals surface area contributed by atoms with Gasteiger partial charge in [0.15, 0.2) is 0 Å². The molecule has 0 heterocycles. The fourth-order valence-corrected chi connectivity index (χ4v) is 2.26. The fraction of sp³-hybridized carbons (Fsp3) is 0.889. The van der Waals surface area contributed by atoms with Gasteiger partial charge in [-0.2, -0.15) is 13.1 Å². The van der Waals surface area contributed by atoms with Crippen LogP contribution in [0.2, 0.25) is 0 Å². The van der Waals surface area contributed by atoms with Gasteiger partial charge in [0.2, 0.25) is 0 Å². The van der Waals surface area contributed by atoms with Gasteiger partial charge in [-0.3, -0.25) is 4.79 Å². The molecule has 1 unspecified atom stereocenters. The van der Waals surface area contributed by atoms with Crippen molar-refractivity contribution in [2.45, 2.75) is 39.7 Å². The summed E-state index contributed by atoms with van der Waals surface area (Å²) in [7, 11) is -3.72. The molecule has 0 radical (unpaired) electrons. The molecule has 7 heteroatoms. The minimum Gasteiger partial charge on any atom is -0.480 e. The van der Waals surface area contributed by atoms with Gasteiger partial charge in [-0.15, -0.1) is 0 Å². The Morgan fingerprint density at radius 3 is 2.31 bits per heavy atom. The van der Waals surface area contributed by atoms with Crippen molar-refractivity contribution in [3.05, 3.63) is 0 Å². The predicted molar refractivity (Wildman–Crippen MR) is 61.2 cm³/mol. The van der Waals surface area contributed by atoms with Crippen LogP contribution < -0.4 is 9.44 Å². The number of rotatable bonds is 8. The summed E-state index contributed by atoms with van der Waals surface area (Å²) in [6, 6.07) is -1.06. The molecule has 0 spiro atoms. The van der Waals surface area contributed by atoms with E-state index in [1.165, 1.54) is 0 Å². The largest absolute Gasteiger partial charge is 0.480 e. The van der Waals surface area contributed by atoms with Gasteiger partial charge in [-0.1, -0.05) is 27.2 Å². The normalized spacial score (nSPS) is 14.0. The highest BCUT2D eigenvalue weighted by Crippen LogP contribution is 1.99. The molecule has 3 N–H and O–H groups in total. The minimum atomic E-state index is -3.72. The van der Waals surface area contributed by atoms with Crippen molar-refractivity contribution in [3.63, 3.8) is 0 Å². The molecule has 0 aromatic carbocycles. The summed E-state index contributed by atoms with van der Waals surface area (Å²) in [5.41, 5.74) is 0. The molecule has 0 rings (SSSR count). The number of carboxylic acid groups (broad SMARTS) is 1. The summed E-state index contributed by atoms with van der Waals surface area (Å²) in [5.74, 6) is -0.984. The standard InChI is InChI=1S/C9H20N2O4S/c1-4-5-8(9(12)13)11-16(14,15)10-6-7(2)3/h7-8,10-11H,4-6H2,1-3H3,(H,12,13). The highest BCUT2D eigenvalue weighted by Gasteiger charge is 2.22. The number of carbonyl (C=O) groups is 1. The van der Waals surface area contributed by atoms with Crippen molar-refractivity contribution in [2.75, 3.05) is 6.54 Å². The van der Waals surface area contributed by atoms with Gasteiger partial charge in [0.05, 0.1) is 0 Å². The smallest absolute Gasteiger partial charge is 0.321 e. The molecule has 0 bridgehead atoms. The molecular weight excluding hydrogens is 232 g/mol. The third-order valence-electron chi connectivity index (χ3n) is 1.85. The van der Waals surface area contributed by atoms with Crippen molar-refractivity contribution in [1.82, 2.24) is 9.44 Å². The van der Waals surface area contributed by atoms with Crippen LogP contribution in [0.25, 0.3) is 0 Å². The molecule has 1 atom stereocenters. The lowest BCUT2D eigenvalue weighted by Gasteiger charge is -2.15. The lowest BCUT2D eigenvalue weighted by Crippen LogP contribution is -2.47. The number of hydrogen-bond acceptors (Lipinski definition) is 3. The van der Waals surface area contributed by atoms with Gasteiger partial charge < -0.3 is 5.11 Å². The van der Waals surface area contributed by atoms with Crippen LogP contribution in [-0.4, -0.2) is 32.1 Å². The third kappa shape index (κ3) is 6.76. The van der Waals surface area contributed by atoms with Crippen LogP contribution in [0.3, 0.4) is 0 Å². The van der Waals surface area contributed by atoms with Gasteiger partial charge in [0.1, 0.15) is 6.04 Å². The number of aliphatic carboxylic acids is 1. The molecular formula is C9H20N2O4S. The highest BCUT2D eigenvalue weighted by atomic mass is 32.2. The van der Waals surface area contributed by atoms with Crippen LogP contribution in [0.4, 0.5) is 0 Å². The van der Waals surface area contributed by atoms with Crippen LogP contribution in [-0.2, 0) is 15.0 Å². The molecule has 0 aliphatic carbocycles. The molecule has 0 aliphatic heterocycles. The first-order valence-electron chi connectivity index (χ1n) is 5.28. The van der Waals surface area contributed by atoms with Crippen LogP contribution in [0.5, 0.6) is 0 Å². The van der Waals surface area contributed by atoms with E-state index >= 15 is 0 Å². The Hall–Kier alpha value is -0.660. The van der Waals surface area contributed by atoms with Crippen molar-refractivity contribution >= 4 is 16.2 Å². The highest BCUT2D eigenvalue weighted by molar-refractivity contribution is 7.87. The molecule has 0 saturated carbocycles. The first kappa shape index (κ1) is 15.3. The van der Waals surface area contributed by atoms with Gasteiger partial charge in [0, 0.05) is 6.54 Å². The molecule has 96 valence electrons. The topological polar surface area (TPSA) is 95.5 Å². The van der Waals surface area contributed by atoms with Gasteiger partial charge in [-0.25, -0.2) is 4.72 Å². The molecule has 16 heavy (non-hydrogen) atoms. The Bertz CT molecular complexity index is 313. The zero-order chi connectivity index (χ0) is 12.8. The Kier molecular flexibility index (Phi) is 6.54. The fourth-order valence-electron chi connectivity index (χ4n) is 1.03. The van der Waals surface area contributed by atoms with Crippen molar-refractivity contribution in [2.24, 2.45) is 5.92 Å². The zero-order valence-corrected chi connectivity index (χ0v) is 10.7. The number of hydrogen-bond donors (Lipinski definition) is 3. The molecule has 0 fully saturated rings. The van der Waals surface area contributed by atoms with Crippen LogP contribution in [0.15, 0.2) is 0 Å². The summed E-state index contributed by atoms with van der Waals surface area (Å²) in [6.07, 6.45) is 0.877. The average Bonchev–Trinajstić information content (AvgIpc) is 2.14. The van der Waals surface area contributed by atoms with Gasteiger partial charge >= 0.3 is 5.97 Å². The maximum Gasteiger partial charge on any atom is 0.321 e. The molecule has 0 aliphatic rings. The van der Waals surface area contributed by atoms with Crippen molar-refractivity contribution < 1.29 is 18.3 Å². The van der Waals surface area contributed by atoms with E-state index in [-0.39, 0.29) is 18.9 Å². The number of nitrogens with one attached hydrogen (secondary N) is 2. The minimum absolute atomic E-state index is 0.172. The molecule has 0 saturated heterocycles. The summed E-state index contributed by atoms with van der Waals surface area (Å²) in [5, 5.41) is 8.79. The van der Waals surface area contributed by atoms with Crippen molar-refractivity contribution in [1.29, 1.82) is 0 Å². The molecule has 0 amide bonds. The first-order valence-corrected chi connectivity index (χ1v) is 6.76. The van der Waals surface area contributed by atoms with E-state index in [9.17, 15) is 13.2 Å². The summed E-state index contributed by atoms with van der Waals surface area (Å²) in [6.45, 7) is 5.81. The Morgan fingerprint density at radius 1 is 1.38 bits per heavy atom. The monoisotopic (exact) mass is 252 g/mol. The van der Waals surface area contributed by atoms with E-state index < -0.39 is 22.2 Å². The second kappa shape index (κ2) is 6.82. The second-order valence-corrected chi connectivity index (χ2v) is 5.57. The lowest BCUT2D eigenvalue weighted by molar-refractivity contribution is -0.139. The van der Waals surface area contributed by atoms with Crippen LogP contribution in [0.1, 0.15) is 33.6 Å². The van der Waals surface area contributed by atoms with E-state index in [2.05, 4.69) is 9.44 Å². The Morgan fingerprint density at radius 2 is 1.94 bits per heavy atom. The maximum atomic E-state index is 11.4. The summed E-state index contributed by atoms with van der Waals surface area (Å²) in [4.78, 5) is 10.8. The summed E-state index contributed by atoms with van der Waals surface area (Å²) < 4.78 is 27.3. The third-order valence-corrected chi connectivity index (χ3v) is 3.00. The predicted octanol–water partition coefficient (Wildman–Crippen LogP) is 0.320. The average molecular weight is 252 g/mol. The van der Waals surface area contributed by atoms with E-state index in [4.69, 9.17) is 5.11 Å². The Balaban J connectivity index is 4.36. The number of carboxylic acids is 1. The lowest BCUT2D eigenvalue weighted by atomic mass is 10.2. The van der Waals surface area contributed by atoms with E-state index in [0.29, 0.717) is 6.42 Å². The SMILES string of the molecule is CCCC(NS(=O)(=O)NCC(C)C)C(=O)O. The molecule has 0 aromatic heterocycles. The Labute approximate surface area is 96.6 Å². The van der Waals surface area contributed by atoms with E-state index in [1.54, 1.807) is 6.92 Å². The molecule has 6 nitrogen and oxygen atoms in total. The molecule has 0 aromatic rings. The van der Waals surface area contributed by atoms with E-state index in [0.717, 1.165) is 0 Å². The van der Waals surface area contributed by atoms with Crippen LogP contribution >= 0.6 is 0 Å². The maximum absolute atomic E-state index is 11.4. The summed E-state index contributed by atoms with van der Waals surface area (Å²) >= 11 is 0. The van der Waals surface area contributed by atoms with Gasteiger partial charge in [-0.05, 0) is 12.3 Å². The quantitative estimate of drug-likeness (QED) is 0.579. The van der Waals surface area contributed by atoms with Crippen LogP contribution in [0, 0.1) is 5.92 Å². The van der Waals surface area contributed by atoms with E-state index in [1.807, 2.05) is 13.8 Å². The first-order chi connectivity index (χ1) is 7.28. The van der Waals surface area contributed by atoms with Gasteiger partial charge in [0.25, 0.3) is 10.2 Å². The second-order valence-electron chi connectivity index (χ2n) is 4.04. The van der Waals surface area contributed by atoms with Crippen molar-refractivity contribution in [3.8, 4) is 0 Å².